The molecule has 0 aliphatic heterocycles. The van der Waals surface area contributed by atoms with Crippen molar-refractivity contribution in [3.63, 3.8) is 0 Å². The first-order chi connectivity index (χ1) is 9.99. The second-order valence-corrected chi connectivity index (χ2v) is 4.04. The molecule has 1 aromatic heterocycles. The van der Waals surface area contributed by atoms with Crippen molar-refractivity contribution < 1.29 is 26.4 Å². The van der Waals surface area contributed by atoms with Crippen LogP contribution in [0.1, 0.15) is 9.68 Å². The Morgan fingerprint density at radius 2 is 2.05 bits per heavy atom. The number of ether oxygens (including phenoxy) is 1. The summed E-state index contributed by atoms with van der Waals surface area (Å²) in [6, 6.07) is 2.09. The van der Waals surface area contributed by atoms with Gasteiger partial charge in [0.25, 0.3) is 5.89 Å². The first-order valence-electron chi connectivity index (χ1n) is 6.07. The summed E-state index contributed by atoms with van der Waals surface area (Å²) >= 11 is 11.2. The van der Waals surface area contributed by atoms with Crippen molar-refractivity contribution in [3.05, 3.63) is 27.7 Å². The van der Waals surface area contributed by atoms with Crippen LogP contribution in [0.25, 0.3) is 11.5 Å². The lowest BCUT2D eigenvalue weighted by Crippen LogP contribution is -2.07. The van der Waals surface area contributed by atoms with Crippen molar-refractivity contribution in [2.45, 2.75) is 6.18 Å². The van der Waals surface area contributed by atoms with Gasteiger partial charge in [-0.1, -0.05) is 28.3 Å². The number of hydrogen-bond donors (Lipinski definition) is 0. The Morgan fingerprint density at radius 3 is 2.68 bits per heavy atom. The fraction of sp³-hybridized carbons (Fsp3) is 0.200. The first kappa shape index (κ1) is 10.3. The highest BCUT2D eigenvalue weighted by Gasteiger charge is 2.37. The molecule has 102 valence electrons. The van der Waals surface area contributed by atoms with Gasteiger partial charge in [0.05, 0.1) is 32.3 Å². The first-order valence-corrected chi connectivity index (χ1v) is 5.33. The Kier molecular flexibility index (Phi) is 2.66. The van der Waals surface area contributed by atoms with Gasteiger partial charge in [0, 0.05) is 0 Å². The highest BCUT2D eigenvalue weighted by molar-refractivity contribution is 6.37. The normalized spacial score (nSPS) is 14.7. The summed E-state index contributed by atoms with van der Waals surface area (Å²) < 4.78 is 68.4. The second kappa shape index (κ2) is 4.90. The van der Waals surface area contributed by atoms with Crippen LogP contribution in [0, 0.1) is 0 Å². The molecule has 0 radical (unpaired) electrons. The lowest BCUT2D eigenvalue weighted by atomic mass is 10.1. The molecule has 1 heterocycles. The Balaban J connectivity index is 2.46. The maximum absolute atomic E-state index is 12.9. The van der Waals surface area contributed by atoms with Crippen LogP contribution in [0.4, 0.5) is 13.2 Å². The lowest BCUT2D eigenvalue weighted by Gasteiger charge is -2.12. The minimum atomic E-state index is -4.79. The Morgan fingerprint density at radius 1 is 1.32 bits per heavy atom. The molecular formula is C10H5Cl2F3N2O2. The standard InChI is InChI=1S/C10H5Cl2F3N2O2/c1-18-9-17-16-8(19-9)4-2-3-5(11)6(7(4)12)10(13,14)15/h2-3H,1H3/i1D3. The number of halogens is 5. The quantitative estimate of drug-likeness (QED) is 0.838. The number of alkyl halides is 3. The van der Waals surface area contributed by atoms with Crippen LogP contribution >= 0.6 is 23.2 Å². The van der Waals surface area contributed by atoms with E-state index in [1.165, 1.54) is 0 Å². The predicted octanol–water partition coefficient (Wildman–Crippen LogP) is 4.07. The summed E-state index contributed by atoms with van der Waals surface area (Å²) in [6.45, 7) is 0. The van der Waals surface area contributed by atoms with Gasteiger partial charge >= 0.3 is 12.3 Å². The molecule has 0 N–H and O–H groups in total. The minimum Gasteiger partial charge on any atom is -0.452 e. The average Bonchev–Trinajstić information content (AvgIpc) is 2.72. The van der Waals surface area contributed by atoms with E-state index < -0.39 is 40.8 Å². The van der Waals surface area contributed by atoms with Crippen LogP contribution in [-0.2, 0) is 6.18 Å². The molecule has 0 atom stereocenters. The van der Waals surface area contributed by atoms with Crippen LogP contribution in [0.5, 0.6) is 6.08 Å². The molecule has 0 aliphatic carbocycles. The molecule has 19 heavy (non-hydrogen) atoms. The highest BCUT2D eigenvalue weighted by atomic mass is 35.5. The molecular weight excluding hydrogens is 308 g/mol. The number of benzene rings is 1. The van der Waals surface area contributed by atoms with E-state index in [9.17, 15) is 13.2 Å². The van der Waals surface area contributed by atoms with E-state index in [0.717, 1.165) is 12.1 Å². The molecule has 0 amide bonds. The Hall–Kier alpha value is -1.47. The van der Waals surface area contributed by atoms with Gasteiger partial charge in [-0.3, -0.25) is 0 Å². The van der Waals surface area contributed by atoms with Crippen LogP contribution in [0.3, 0.4) is 0 Å². The second-order valence-electron chi connectivity index (χ2n) is 3.26. The van der Waals surface area contributed by atoms with Crippen molar-refractivity contribution in [2.24, 2.45) is 0 Å². The number of methoxy groups -OCH3 is 1. The zero-order chi connectivity index (χ0) is 16.7. The molecule has 2 aromatic rings. The van der Waals surface area contributed by atoms with E-state index in [2.05, 4.69) is 14.9 Å². The average molecular weight is 316 g/mol. The molecule has 0 saturated carbocycles. The van der Waals surface area contributed by atoms with E-state index in [1.54, 1.807) is 0 Å². The monoisotopic (exact) mass is 315 g/mol. The minimum absolute atomic E-state index is 0.258. The summed E-state index contributed by atoms with van der Waals surface area (Å²) in [5, 5.41) is 5.32. The SMILES string of the molecule is [2H]C([2H])([2H])Oc1nnc(-c2ccc(Cl)c(C(F)(F)F)c2Cl)o1. The van der Waals surface area contributed by atoms with Gasteiger partial charge in [-0.25, -0.2) is 0 Å². The Bertz CT molecular complexity index is 704. The molecule has 2 rings (SSSR count). The van der Waals surface area contributed by atoms with Crippen LogP contribution in [0.15, 0.2) is 16.5 Å². The largest absolute Gasteiger partial charge is 0.452 e. The third kappa shape index (κ3) is 2.62. The number of nitrogens with zero attached hydrogens (tertiary/aromatic N) is 2. The third-order valence-electron chi connectivity index (χ3n) is 2.10. The molecule has 0 fully saturated rings. The maximum Gasteiger partial charge on any atom is 0.419 e. The molecule has 0 unspecified atom stereocenters. The van der Waals surface area contributed by atoms with Crippen molar-refractivity contribution >= 4 is 23.2 Å². The van der Waals surface area contributed by atoms with Gasteiger partial charge in [-0.2, -0.15) is 13.2 Å². The lowest BCUT2D eigenvalue weighted by molar-refractivity contribution is -0.137. The van der Waals surface area contributed by atoms with Gasteiger partial charge < -0.3 is 9.15 Å². The summed E-state index contributed by atoms with van der Waals surface area (Å²) in [5.74, 6) is -0.439. The summed E-state index contributed by atoms with van der Waals surface area (Å²) in [4.78, 5) is 0. The van der Waals surface area contributed by atoms with E-state index in [4.69, 9.17) is 31.7 Å². The van der Waals surface area contributed by atoms with Crippen molar-refractivity contribution in [1.29, 1.82) is 0 Å². The fourth-order valence-corrected chi connectivity index (χ4v) is 2.00. The molecule has 9 heteroatoms. The van der Waals surface area contributed by atoms with Gasteiger partial charge in [0.2, 0.25) is 0 Å². The van der Waals surface area contributed by atoms with Crippen LogP contribution in [-0.4, -0.2) is 17.2 Å². The number of aromatic nitrogens is 2. The van der Waals surface area contributed by atoms with Crippen LogP contribution < -0.4 is 4.74 Å². The Labute approximate surface area is 119 Å². The molecule has 0 spiro atoms. The zero-order valence-electron chi connectivity index (χ0n) is 11.8. The van der Waals surface area contributed by atoms with Gasteiger partial charge in [0.1, 0.15) is 0 Å². The molecule has 0 saturated heterocycles. The van der Waals surface area contributed by atoms with E-state index >= 15 is 0 Å². The molecule has 1 aromatic carbocycles. The van der Waals surface area contributed by atoms with Gasteiger partial charge in [-0.15, -0.1) is 5.10 Å². The zero-order valence-corrected chi connectivity index (χ0v) is 10.3. The molecule has 4 nitrogen and oxygen atoms in total. The van der Waals surface area contributed by atoms with E-state index in [1.807, 2.05) is 0 Å². The molecule has 0 aliphatic rings. The summed E-state index contributed by atoms with van der Waals surface area (Å²) in [7, 11) is -2.84. The van der Waals surface area contributed by atoms with Gasteiger partial charge in [-0.05, 0) is 12.1 Å². The fourth-order valence-electron chi connectivity index (χ4n) is 1.34. The molecule has 0 bridgehead atoms. The third-order valence-corrected chi connectivity index (χ3v) is 2.81. The topological polar surface area (TPSA) is 48.2 Å². The number of hydrogen-bond acceptors (Lipinski definition) is 4. The van der Waals surface area contributed by atoms with E-state index in [0.29, 0.717) is 0 Å². The van der Waals surface area contributed by atoms with Gasteiger partial charge in [0.15, 0.2) is 0 Å². The van der Waals surface area contributed by atoms with Crippen molar-refractivity contribution in [3.8, 4) is 17.5 Å². The maximum atomic E-state index is 12.9. The predicted molar refractivity (Wildman–Crippen MR) is 61.3 cm³/mol. The van der Waals surface area contributed by atoms with Crippen molar-refractivity contribution in [2.75, 3.05) is 7.04 Å². The van der Waals surface area contributed by atoms with Crippen LogP contribution in [0.2, 0.25) is 10.0 Å². The summed E-state index contributed by atoms with van der Waals surface area (Å²) in [6.07, 6.45) is -5.52. The smallest absolute Gasteiger partial charge is 0.419 e. The highest BCUT2D eigenvalue weighted by Crippen LogP contribution is 2.43. The van der Waals surface area contributed by atoms with E-state index in [-0.39, 0.29) is 5.56 Å². The number of rotatable bonds is 2. The summed E-state index contributed by atoms with van der Waals surface area (Å²) in [5.41, 5.74) is -1.52. The van der Waals surface area contributed by atoms with Crippen molar-refractivity contribution in [1.82, 2.24) is 10.2 Å².